The van der Waals surface area contributed by atoms with E-state index < -0.39 is 0 Å². The summed E-state index contributed by atoms with van der Waals surface area (Å²) in [4.78, 5) is 0. The first-order valence-corrected chi connectivity index (χ1v) is 7.19. The lowest BCUT2D eigenvalue weighted by Crippen LogP contribution is -2.35. The Hall–Kier alpha value is -0.930. The van der Waals surface area contributed by atoms with Crippen LogP contribution in [0.25, 0.3) is 0 Å². The normalized spacial score (nSPS) is 17.8. The van der Waals surface area contributed by atoms with E-state index in [0.29, 0.717) is 0 Å². The Morgan fingerprint density at radius 1 is 1.26 bits per heavy atom. The monoisotopic (exact) mass is 265 g/mol. The van der Waals surface area contributed by atoms with Crippen LogP contribution in [0.15, 0.2) is 24.3 Å². The molecule has 2 nitrogen and oxygen atoms in total. The van der Waals surface area contributed by atoms with Crippen molar-refractivity contribution in [1.29, 1.82) is 0 Å². The van der Waals surface area contributed by atoms with E-state index in [0.717, 1.165) is 31.7 Å². The van der Waals surface area contributed by atoms with Gasteiger partial charge in [-0.1, -0.05) is 31.0 Å². The standard InChI is InChI=1S/C16H24FNO/c1-19-11-10-18-13-16(8-4-5-9-16)12-14-6-2-3-7-15(14)17/h2-3,6-7,18H,4-5,8-13H2,1H3. The average molecular weight is 265 g/mol. The lowest BCUT2D eigenvalue weighted by Gasteiger charge is -2.30. The van der Waals surface area contributed by atoms with Gasteiger partial charge >= 0.3 is 0 Å². The summed E-state index contributed by atoms with van der Waals surface area (Å²) in [6.45, 7) is 2.57. The van der Waals surface area contributed by atoms with E-state index in [1.807, 2.05) is 12.1 Å². The quantitative estimate of drug-likeness (QED) is 0.765. The molecule has 0 spiro atoms. The van der Waals surface area contributed by atoms with Crippen LogP contribution < -0.4 is 5.32 Å². The molecule has 2 rings (SSSR count). The summed E-state index contributed by atoms with van der Waals surface area (Å²) in [6.07, 6.45) is 5.77. The molecule has 106 valence electrons. The maximum atomic E-state index is 13.8. The lowest BCUT2D eigenvalue weighted by atomic mass is 9.80. The van der Waals surface area contributed by atoms with Crippen molar-refractivity contribution in [3.63, 3.8) is 0 Å². The first-order chi connectivity index (χ1) is 9.26. The van der Waals surface area contributed by atoms with Gasteiger partial charge in [-0.25, -0.2) is 4.39 Å². The highest BCUT2D eigenvalue weighted by atomic mass is 19.1. The number of hydrogen-bond donors (Lipinski definition) is 1. The number of methoxy groups -OCH3 is 1. The van der Waals surface area contributed by atoms with Gasteiger partial charge in [-0.3, -0.25) is 0 Å². The molecule has 1 fully saturated rings. The van der Waals surface area contributed by atoms with E-state index in [1.165, 1.54) is 25.7 Å². The van der Waals surface area contributed by atoms with Gasteiger partial charge < -0.3 is 10.1 Å². The largest absolute Gasteiger partial charge is 0.383 e. The molecule has 0 radical (unpaired) electrons. The Kier molecular flexibility index (Phi) is 5.34. The van der Waals surface area contributed by atoms with Crippen molar-refractivity contribution < 1.29 is 9.13 Å². The second-order valence-corrected chi connectivity index (χ2v) is 5.64. The Morgan fingerprint density at radius 3 is 2.68 bits per heavy atom. The molecule has 0 heterocycles. The summed E-state index contributed by atoms with van der Waals surface area (Å²) in [5.41, 5.74) is 1.09. The minimum atomic E-state index is -0.0642. The highest BCUT2D eigenvalue weighted by molar-refractivity contribution is 5.19. The number of halogens is 1. The van der Waals surface area contributed by atoms with Gasteiger partial charge in [-0.2, -0.15) is 0 Å². The predicted octanol–water partition coefficient (Wildman–Crippen LogP) is 3.16. The van der Waals surface area contributed by atoms with Crippen LogP contribution in [-0.4, -0.2) is 26.8 Å². The van der Waals surface area contributed by atoms with Crippen LogP contribution in [0.2, 0.25) is 0 Å². The molecule has 0 amide bonds. The van der Waals surface area contributed by atoms with Crippen molar-refractivity contribution in [2.45, 2.75) is 32.1 Å². The smallest absolute Gasteiger partial charge is 0.126 e. The fraction of sp³-hybridized carbons (Fsp3) is 0.625. The van der Waals surface area contributed by atoms with Crippen LogP contribution in [0.3, 0.4) is 0 Å². The summed E-state index contributed by atoms with van der Waals surface area (Å²) >= 11 is 0. The molecule has 1 aromatic rings. The predicted molar refractivity (Wildman–Crippen MR) is 75.8 cm³/mol. The molecule has 0 bridgehead atoms. The van der Waals surface area contributed by atoms with Crippen LogP contribution >= 0.6 is 0 Å². The van der Waals surface area contributed by atoms with E-state index in [1.54, 1.807) is 19.2 Å². The highest BCUT2D eigenvalue weighted by Gasteiger charge is 2.34. The third-order valence-corrected chi connectivity index (χ3v) is 4.17. The van der Waals surface area contributed by atoms with E-state index in [2.05, 4.69) is 5.32 Å². The van der Waals surface area contributed by atoms with Crippen molar-refractivity contribution in [2.24, 2.45) is 5.41 Å². The molecular formula is C16H24FNO. The second-order valence-electron chi connectivity index (χ2n) is 5.64. The zero-order valence-electron chi connectivity index (χ0n) is 11.8. The molecule has 1 saturated carbocycles. The molecule has 0 aromatic heterocycles. The molecule has 0 atom stereocenters. The first-order valence-electron chi connectivity index (χ1n) is 7.19. The number of rotatable bonds is 7. The van der Waals surface area contributed by atoms with E-state index in [-0.39, 0.29) is 11.2 Å². The van der Waals surface area contributed by atoms with Crippen LogP contribution in [-0.2, 0) is 11.2 Å². The molecule has 1 aromatic carbocycles. The van der Waals surface area contributed by atoms with Crippen LogP contribution in [0.5, 0.6) is 0 Å². The molecule has 1 aliphatic rings. The summed E-state index contributed by atoms with van der Waals surface area (Å²) in [7, 11) is 1.71. The molecule has 0 saturated heterocycles. The Labute approximate surface area is 115 Å². The zero-order chi connectivity index (χ0) is 13.6. The fourth-order valence-corrected chi connectivity index (χ4v) is 3.11. The van der Waals surface area contributed by atoms with Gasteiger partial charge in [0.2, 0.25) is 0 Å². The molecule has 0 unspecified atom stereocenters. The van der Waals surface area contributed by atoms with Crippen LogP contribution in [0, 0.1) is 11.2 Å². The maximum Gasteiger partial charge on any atom is 0.126 e. The Bertz CT molecular complexity index is 388. The molecule has 1 N–H and O–H groups in total. The number of nitrogens with one attached hydrogen (secondary N) is 1. The molecule has 3 heteroatoms. The zero-order valence-corrected chi connectivity index (χ0v) is 11.8. The van der Waals surface area contributed by atoms with Gasteiger partial charge in [0.25, 0.3) is 0 Å². The SMILES string of the molecule is COCCNCC1(Cc2ccccc2F)CCCC1. The van der Waals surface area contributed by atoms with Gasteiger partial charge in [0.1, 0.15) is 5.82 Å². The van der Waals surface area contributed by atoms with Crippen molar-refractivity contribution in [1.82, 2.24) is 5.32 Å². The summed E-state index contributed by atoms with van der Waals surface area (Å²) in [6, 6.07) is 7.18. The van der Waals surface area contributed by atoms with Crippen molar-refractivity contribution in [2.75, 3.05) is 26.8 Å². The first kappa shape index (κ1) is 14.5. The molecule has 1 aliphatic carbocycles. The minimum absolute atomic E-state index is 0.0642. The summed E-state index contributed by atoms with van der Waals surface area (Å²) in [5, 5.41) is 3.46. The van der Waals surface area contributed by atoms with Gasteiger partial charge in [0, 0.05) is 20.2 Å². The van der Waals surface area contributed by atoms with Crippen LogP contribution in [0.4, 0.5) is 4.39 Å². The van der Waals surface area contributed by atoms with Gasteiger partial charge in [-0.05, 0) is 36.3 Å². The maximum absolute atomic E-state index is 13.8. The number of benzene rings is 1. The van der Waals surface area contributed by atoms with Gasteiger partial charge in [0.15, 0.2) is 0 Å². The molecule has 0 aliphatic heterocycles. The van der Waals surface area contributed by atoms with E-state index >= 15 is 0 Å². The highest BCUT2D eigenvalue weighted by Crippen LogP contribution is 2.40. The van der Waals surface area contributed by atoms with E-state index in [4.69, 9.17) is 4.74 Å². The number of ether oxygens (including phenoxy) is 1. The summed E-state index contributed by atoms with van der Waals surface area (Å²) in [5.74, 6) is -0.0642. The minimum Gasteiger partial charge on any atom is -0.383 e. The number of hydrogen-bond acceptors (Lipinski definition) is 2. The lowest BCUT2D eigenvalue weighted by molar-refractivity contribution is 0.189. The van der Waals surface area contributed by atoms with Gasteiger partial charge in [0.05, 0.1) is 6.61 Å². The summed E-state index contributed by atoms with van der Waals surface area (Å²) < 4.78 is 18.9. The average Bonchev–Trinajstić information content (AvgIpc) is 2.87. The van der Waals surface area contributed by atoms with Crippen molar-refractivity contribution >= 4 is 0 Å². The van der Waals surface area contributed by atoms with Crippen LogP contribution in [0.1, 0.15) is 31.2 Å². The third-order valence-electron chi connectivity index (χ3n) is 4.17. The second kappa shape index (κ2) is 7.01. The van der Waals surface area contributed by atoms with Crippen molar-refractivity contribution in [3.05, 3.63) is 35.6 Å². The Morgan fingerprint density at radius 2 is 2.00 bits per heavy atom. The molecular weight excluding hydrogens is 241 g/mol. The van der Waals surface area contributed by atoms with Crippen molar-refractivity contribution in [3.8, 4) is 0 Å². The van der Waals surface area contributed by atoms with Gasteiger partial charge in [-0.15, -0.1) is 0 Å². The van der Waals surface area contributed by atoms with E-state index in [9.17, 15) is 4.39 Å². The third kappa shape index (κ3) is 4.02. The Balaban J connectivity index is 1.97. The topological polar surface area (TPSA) is 21.3 Å². The fourth-order valence-electron chi connectivity index (χ4n) is 3.11. The molecule has 19 heavy (non-hydrogen) atoms.